The third-order valence-corrected chi connectivity index (χ3v) is 7.03. The standard InChI is InChI=1S/C27H39N3O4S.ClH/c1-4-5-6-7-8-12-20-35(33,34)29-25-17-16-23(22-14-10-9-11-15-22)21-24(25)26(31)27(32)28-18-13-19-30(2)3;/h9-11,14-17,21,29H,4-8,12-13,18-20H2,1-3H3,(H,28,32);1H. The molecule has 0 aliphatic rings. The van der Waals surface area contributed by atoms with Crippen LogP contribution in [0, 0.1) is 0 Å². The Kier molecular flexibility index (Phi) is 14.4. The molecule has 7 nitrogen and oxygen atoms in total. The second kappa shape index (κ2) is 16.3. The number of rotatable bonds is 16. The number of nitrogens with zero attached hydrogens (tertiary/aromatic N) is 1. The number of benzene rings is 2. The van der Waals surface area contributed by atoms with Crippen molar-refractivity contribution in [2.75, 3.05) is 37.7 Å². The maximum absolute atomic E-state index is 13.1. The van der Waals surface area contributed by atoms with Crippen molar-refractivity contribution in [3.8, 4) is 11.1 Å². The van der Waals surface area contributed by atoms with Crippen molar-refractivity contribution < 1.29 is 18.0 Å². The summed E-state index contributed by atoms with van der Waals surface area (Å²) in [6, 6.07) is 14.3. The molecule has 9 heteroatoms. The Balaban J connectivity index is 0.00000648. The van der Waals surface area contributed by atoms with Gasteiger partial charge in [-0.15, -0.1) is 12.4 Å². The number of unbranched alkanes of at least 4 members (excludes halogenated alkanes) is 5. The maximum Gasteiger partial charge on any atom is 0.292 e. The van der Waals surface area contributed by atoms with Gasteiger partial charge in [-0.1, -0.05) is 75.4 Å². The van der Waals surface area contributed by atoms with E-state index >= 15 is 0 Å². The minimum atomic E-state index is -3.66. The quantitative estimate of drug-likeness (QED) is 0.176. The van der Waals surface area contributed by atoms with Gasteiger partial charge < -0.3 is 10.2 Å². The van der Waals surface area contributed by atoms with Crippen molar-refractivity contribution >= 4 is 39.8 Å². The molecule has 0 fully saturated rings. The predicted molar refractivity (Wildman–Crippen MR) is 150 cm³/mol. The van der Waals surface area contributed by atoms with Gasteiger partial charge in [0.05, 0.1) is 17.0 Å². The smallest absolute Gasteiger partial charge is 0.292 e. The number of carbonyl (C=O) groups is 2. The lowest BCUT2D eigenvalue weighted by Gasteiger charge is -2.14. The van der Waals surface area contributed by atoms with Crippen LogP contribution >= 0.6 is 12.4 Å². The molecule has 1 amide bonds. The van der Waals surface area contributed by atoms with E-state index < -0.39 is 21.7 Å². The Labute approximate surface area is 222 Å². The lowest BCUT2D eigenvalue weighted by atomic mass is 9.99. The largest absolute Gasteiger partial charge is 0.349 e. The molecule has 36 heavy (non-hydrogen) atoms. The molecule has 0 radical (unpaired) electrons. The first-order valence-corrected chi connectivity index (χ1v) is 14.1. The second-order valence-electron chi connectivity index (χ2n) is 9.06. The lowest BCUT2D eigenvalue weighted by molar-refractivity contribution is -0.117. The van der Waals surface area contributed by atoms with Gasteiger partial charge in [-0.3, -0.25) is 14.3 Å². The van der Waals surface area contributed by atoms with Crippen LogP contribution < -0.4 is 10.0 Å². The van der Waals surface area contributed by atoms with Crippen LogP contribution in [0.2, 0.25) is 0 Å². The average molecular weight is 538 g/mol. The van der Waals surface area contributed by atoms with Crippen molar-refractivity contribution in [3.63, 3.8) is 0 Å². The molecule has 0 aliphatic heterocycles. The zero-order valence-electron chi connectivity index (χ0n) is 21.6. The third-order valence-electron chi connectivity index (χ3n) is 5.68. The van der Waals surface area contributed by atoms with E-state index in [1.54, 1.807) is 18.2 Å². The topological polar surface area (TPSA) is 95.6 Å². The summed E-state index contributed by atoms with van der Waals surface area (Å²) >= 11 is 0. The summed E-state index contributed by atoms with van der Waals surface area (Å²) in [5.74, 6) is -1.53. The summed E-state index contributed by atoms with van der Waals surface area (Å²) in [6.45, 7) is 3.28. The predicted octanol–water partition coefficient (Wildman–Crippen LogP) is 5.13. The zero-order chi connectivity index (χ0) is 25.7. The highest BCUT2D eigenvalue weighted by atomic mass is 35.5. The first-order valence-electron chi connectivity index (χ1n) is 12.4. The molecule has 0 atom stereocenters. The highest BCUT2D eigenvalue weighted by Gasteiger charge is 2.23. The fraction of sp³-hybridized carbons (Fsp3) is 0.481. The highest BCUT2D eigenvalue weighted by Crippen LogP contribution is 2.27. The average Bonchev–Trinajstić information content (AvgIpc) is 2.84. The molecule has 200 valence electrons. The Hall–Kier alpha value is -2.42. The number of sulfonamides is 1. The summed E-state index contributed by atoms with van der Waals surface area (Å²) in [4.78, 5) is 27.7. The monoisotopic (exact) mass is 537 g/mol. The molecule has 2 rings (SSSR count). The van der Waals surface area contributed by atoms with Crippen LogP contribution in [0.1, 0.15) is 62.2 Å². The number of carbonyl (C=O) groups excluding carboxylic acids is 2. The number of anilines is 1. The van der Waals surface area contributed by atoms with Crippen molar-refractivity contribution in [1.82, 2.24) is 10.2 Å². The van der Waals surface area contributed by atoms with Crippen LogP contribution in [-0.4, -0.2) is 57.9 Å². The molecule has 0 spiro atoms. The first-order chi connectivity index (χ1) is 16.7. The van der Waals surface area contributed by atoms with E-state index in [1.165, 1.54) is 0 Å². The molecular formula is C27H40ClN3O4S. The van der Waals surface area contributed by atoms with Gasteiger partial charge in [0.1, 0.15) is 0 Å². The second-order valence-corrected chi connectivity index (χ2v) is 10.9. The summed E-state index contributed by atoms with van der Waals surface area (Å²) in [5.41, 5.74) is 1.77. The molecule has 0 saturated heterocycles. The SMILES string of the molecule is CCCCCCCCS(=O)(=O)Nc1ccc(-c2ccccc2)cc1C(=O)C(=O)NCCCN(C)C.Cl. The minimum absolute atomic E-state index is 0. The Morgan fingerprint density at radius 3 is 2.19 bits per heavy atom. The van der Waals surface area contributed by atoms with Gasteiger partial charge in [0.15, 0.2) is 0 Å². The molecule has 2 aromatic carbocycles. The number of halogens is 1. The summed E-state index contributed by atoms with van der Waals surface area (Å²) in [6.07, 6.45) is 6.50. The Morgan fingerprint density at radius 2 is 1.53 bits per heavy atom. The molecule has 2 N–H and O–H groups in total. The molecular weight excluding hydrogens is 498 g/mol. The van der Waals surface area contributed by atoms with Crippen molar-refractivity contribution in [3.05, 3.63) is 54.1 Å². The third kappa shape index (κ3) is 11.1. The van der Waals surface area contributed by atoms with E-state index in [0.29, 0.717) is 19.4 Å². The molecule has 0 aliphatic carbocycles. The molecule has 0 unspecified atom stereocenters. The number of nitrogens with one attached hydrogen (secondary N) is 2. The lowest BCUT2D eigenvalue weighted by Crippen LogP contribution is -2.33. The van der Waals surface area contributed by atoms with Crippen molar-refractivity contribution in [2.45, 2.75) is 51.9 Å². The van der Waals surface area contributed by atoms with E-state index in [1.807, 2.05) is 49.3 Å². The number of Topliss-reactive ketones (excluding diaryl/α,β-unsaturated/α-hetero) is 1. The van der Waals surface area contributed by atoms with Gasteiger partial charge in [0, 0.05) is 6.54 Å². The Bertz CT molecular complexity index is 1060. The van der Waals surface area contributed by atoms with Crippen LogP contribution in [0.15, 0.2) is 48.5 Å². The first kappa shape index (κ1) is 31.6. The van der Waals surface area contributed by atoms with Crippen LogP contribution in [-0.2, 0) is 14.8 Å². The molecule has 2 aromatic rings. The van der Waals surface area contributed by atoms with Gasteiger partial charge in [-0.25, -0.2) is 8.42 Å². The van der Waals surface area contributed by atoms with Crippen LogP contribution in [0.25, 0.3) is 11.1 Å². The normalized spacial score (nSPS) is 11.1. The van der Waals surface area contributed by atoms with E-state index in [0.717, 1.165) is 49.8 Å². The minimum Gasteiger partial charge on any atom is -0.349 e. The van der Waals surface area contributed by atoms with E-state index in [-0.39, 0.29) is 29.4 Å². The van der Waals surface area contributed by atoms with Crippen molar-refractivity contribution in [2.24, 2.45) is 0 Å². The van der Waals surface area contributed by atoms with Crippen LogP contribution in [0.5, 0.6) is 0 Å². The van der Waals surface area contributed by atoms with Crippen LogP contribution in [0.3, 0.4) is 0 Å². The Morgan fingerprint density at radius 1 is 0.861 bits per heavy atom. The molecule has 0 heterocycles. The summed E-state index contributed by atoms with van der Waals surface area (Å²) in [5, 5.41) is 2.65. The molecule has 0 bridgehead atoms. The number of hydrogen-bond acceptors (Lipinski definition) is 5. The zero-order valence-corrected chi connectivity index (χ0v) is 23.2. The maximum atomic E-state index is 13.1. The van der Waals surface area contributed by atoms with Gasteiger partial charge >= 0.3 is 0 Å². The van der Waals surface area contributed by atoms with Crippen molar-refractivity contribution in [1.29, 1.82) is 0 Å². The van der Waals surface area contributed by atoms with E-state index in [9.17, 15) is 18.0 Å². The van der Waals surface area contributed by atoms with Gasteiger partial charge in [0.25, 0.3) is 11.7 Å². The van der Waals surface area contributed by atoms with Gasteiger partial charge in [0.2, 0.25) is 10.0 Å². The number of amides is 1. The molecule has 0 saturated carbocycles. The van der Waals surface area contributed by atoms with Gasteiger partial charge in [-0.05, 0) is 56.7 Å². The molecule has 0 aromatic heterocycles. The fourth-order valence-electron chi connectivity index (χ4n) is 3.72. The van der Waals surface area contributed by atoms with E-state index in [4.69, 9.17) is 0 Å². The number of hydrogen-bond donors (Lipinski definition) is 2. The number of ketones is 1. The highest BCUT2D eigenvalue weighted by molar-refractivity contribution is 7.92. The van der Waals surface area contributed by atoms with Crippen LogP contribution in [0.4, 0.5) is 5.69 Å². The fourth-order valence-corrected chi connectivity index (χ4v) is 4.92. The van der Waals surface area contributed by atoms with E-state index in [2.05, 4.69) is 17.0 Å². The van der Waals surface area contributed by atoms with Gasteiger partial charge in [-0.2, -0.15) is 0 Å². The summed E-state index contributed by atoms with van der Waals surface area (Å²) in [7, 11) is 0.216. The summed E-state index contributed by atoms with van der Waals surface area (Å²) < 4.78 is 28.0.